The average molecular weight is 282 g/mol. The van der Waals surface area contributed by atoms with Gasteiger partial charge in [-0.15, -0.1) is 0 Å². The van der Waals surface area contributed by atoms with Crippen LogP contribution in [-0.4, -0.2) is 4.98 Å². The summed E-state index contributed by atoms with van der Waals surface area (Å²) in [5.41, 5.74) is 7.97. The maximum absolute atomic E-state index is 13.3. The van der Waals surface area contributed by atoms with Crippen LogP contribution in [0.1, 0.15) is 11.3 Å². The summed E-state index contributed by atoms with van der Waals surface area (Å²) in [4.78, 5) is 4.51. The van der Waals surface area contributed by atoms with Crippen molar-refractivity contribution in [1.29, 1.82) is 0 Å². The number of para-hydroxylation sites is 1. The first kappa shape index (κ1) is 13.5. The van der Waals surface area contributed by atoms with E-state index < -0.39 is 0 Å². The number of aromatic nitrogens is 1. The number of benzene rings is 2. The van der Waals surface area contributed by atoms with Gasteiger partial charge in [0.05, 0.1) is 0 Å². The fourth-order valence-electron chi connectivity index (χ4n) is 2.23. The Labute approximate surface area is 122 Å². The van der Waals surface area contributed by atoms with Crippen molar-refractivity contribution in [2.45, 2.75) is 13.5 Å². The highest BCUT2D eigenvalue weighted by atomic mass is 19.1. The Morgan fingerprint density at radius 2 is 1.95 bits per heavy atom. The molecular formula is C17H15FN2O. The van der Waals surface area contributed by atoms with Gasteiger partial charge >= 0.3 is 0 Å². The first-order valence-corrected chi connectivity index (χ1v) is 6.70. The fraction of sp³-hybridized carbons (Fsp3) is 0.118. The SMILES string of the molecule is Cc1ccc2cccc(Oc3ccc(F)cc3CN)c2n1. The predicted octanol–water partition coefficient (Wildman–Crippen LogP) is 3.93. The Balaban J connectivity index is 2.08. The highest BCUT2D eigenvalue weighted by Gasteiger charge is 2.09. The van der Waals surface area contributed by atoms with Crippen molar-refractivity contribution < 1.29 is 9.13 Å². The molecule has 0 radical (unpaired) electrons. The van der Waals surface area contributed by atoms with E-state index in [-0.39, 0.29) is 12.4 Å². The summed E-state index contributed by atoms with van der Waals surface area (Å²) >= 11 is 0. The lowest BCUT2D eigenvalue weighted by Crippen LogP contribution is -2.00. The molecule has 0 aliphatic rings. The Kier molecular flexibility index (Phi) is 3.54. The Morgan fingerprint density at radius 3 is 2.76 bits per heavy atom. The first-order valence-electron chi connectivity index (χ1n) is 6.70. The molecule has 2 aromatic carbocycles. The van der Waals surface area contributed by atoms with E-state index in [1.165, 1.54) is 12.1 Å². The molecule has 0 bridgehead atoms. The second-order valence-corrected chi connectivity index (χ2v) is 4.84. The van der Waals surface area contributed by atoms with E-state index >= 15 is 0 Å². The zero-order valence-corrected chi connectivity index (χ0v) is 11.6. The molecule has 2 N–H and O–H groups in total. The van der Waals surface area contributed by atoms with Crippen LogP contribution >= 0.6 is 0 Å². The van der Waals surface area contributed by atoms with Crippen molar-refractivity contribution in [3.63, 3.8) is 0 Å². The standard InChI is InChI=1S/C17H15FN2O/c1-11-5-6-12-3-2-4-16(17(12)20-11)21-15-8-7-14(18)9-13(15)10-19/h2-9H,10,19H2,1H3. The van der Waals surface area contributed by atoms with Gasteiger partial charge in [0, 0.05) is 23.2 Å². The van der Waals surface area contributed by atoms with Crippen LogP contribution in [-0.2, 0) is 6.54 Å². The van der Waals surface area contributed by atoms with E-state index in [0.29, 0.717) is 17.1 Å². The van der Waals surface area contributed by atoms with E-state index in [9.17, 15) is 4.39 Å². The minimum Gasteiger partial charge on any atom is -0.455 e. The molecule has 106 valence electrons. The zero-order chi connectivity index (χ0) is 14.8. The lowest BCUT2D eigenvalue weighted by molar-refractivity contribution is 0.478. The number of hydrogen-bond acceptors (Lipinski definition) is 3. The number of ether oxygens (including phenoxy) is 1. The van der Waals surface area contributed by atoms with Crippen LogP contribution in [0.4, 0.5) is 4.39 Å². The van der Waals surface area contributed by atoms with Crippen LogP contribution in [0.2, 0.25) is 0 Å². The van der Waals surface area contributed by atoms with Crippen LogP contribution in [0.3, 0.4) is 0 Å². The third-order valence-corrected chi connectivity index (χ3v) is 3.28. The quantitative estimate of drug-likeness (QED) is 0.791. The molecule has 0 saturated heterocycles. The van der Waals surface area contributed by atoms with Gasteiger partial charge in [-0.2, -0.15) is 0 Å². The molecule has 0 aliphatic carbocycles. The van der Waals surface area contributed by atoms with Gasteiger partial charge in [-0.3, -0.25) is 0 Å². The molecule has 3 rings (SSSR count). The number of hydrogen-bond donors (Lipinski definition) is 1. The maximum atomic E-state index is 13.3. The van der Waals surface area contributed by atoms with Gasteiger partial charge in [-0.25, -0.2) is 9.37 Å². The summed E-state index contributed by atoms with van der Waals surface area (Å²) in [6, 6.07) is 14.0. The number of pyridine rings is 1. The van der Waals surface area contributed by atoms with Crippen LogP contribution < -0.4 is 10.5 Å². The summed E-state index contributed by atoms with van der Waals surface area (Å²) in [5, 5.41) is 0.995. The van der Waals surface area contributed by atoms with Gasteiger partial charge in [-0.05, 0) is 37.3 Å². The topological polar surface area (TPSA) is 48.1 Å². The van der Waals surface area contributed by atoms with E-state index in [1.807, 2.05) is 37.3 Å². The smallest absolute Gasteiger partial charge is 0.153 e. The second kappa shape index (κ2) is 5.50. The van der Waals surface area contributed by atoms with Crippen molar-refractivity contribution in [1.82, 2.24) is 4.98 Å². The summed E-state index contributed by atoms with van der Waals surface area (Å²) in [6.07, 6.45) is 0. The highest BCUT2D eigenvalue weighted by molar-refractivity contribution is 5.84. The summed E-state index contributed by atoms with van der Waals surface area (Å²) in [6.45, 7) is 2.14. The normalized spacial score (nSPS) is 10.8. The number of aryl methyl sites for hydroxylation is 1. The Morgan fingerprint density at radius 1 is 1.10 bits per heavy atom. The molecule has 0 spiro atoms. The summed E-state index contributed by atoms with van der Waals surface area (Å²) in [5.74, 6) is 0.863. The third kappa shape index (κ3) is 2.71. The molecule has 3 aromatic rings. The fourth-order valence-corrected chi connectivity index (χ4v) is 2.23. The lowest BCUT2D eigenvalue weighted by atomic mass is 10.1. The van der Waals surface area contributed by atoms with Gasteiger partial charge in [0.15, 0.2) is 5.75 Å². The average Bonchev–Trinajstić information content (AvgIpc) is 2.49. The molecule has 1 heterocycles. The molecule has 0 amide bonds. The monoisotopic (exact) mass is 282 g/mol. The van der Waals surface area contributed by atoms with Crippen molar-refractivity contribution in [2.75, 3.05) is 0 Å². The summed E-state index contributed by atoms with van der Waals surface area (Å²) in [7, 11) is 0. The Bertz CT molecular complexity index is 802. The molecule has 0 unspecified atom stereocenters. The van der Waals surface area contributed by atoms with Gasteiger partial charge in [0.25, 0.3) is 0 Å². The minimum atomic E-state index is -0.324. The molecule has 1 aromatic heterocycles. The molecule has 0 saturated carbocycles. The van der Waals surface area contributed by atoms with Gasteiger partial charge in [0.2, 0.25) is 0 Å². The van der Waals surface area contributed by atoms with Crippen molar-refractivity contribution in [2.24, 2.45) is 5.73 Å². The number of nitrogens with two attached hydrogens (primary N) is 1. The van der Waals surface area contributed by atoms with E-state index in [4.69, 9.17) is 10.5 Å². The number of fused-ring (bicyclic) bond motifs is 1. The van der Waals surface area contributed by atoms with Gasteiger partial charge in [-0.1, -0.05) is 18.2 Å². The number of nitrogens with zero attached hydrogens (tertiary/aromatic N) is 1. The van der Waals surface area contributed by atoms with E-state index in [2.05, 4.69) is 4.98 Å². The van der Waals surface area contributed by atoms with Crippen molar-refractivity contribution >= 4 is 10.9 Å². The number of rotatable bonds is 3. The second-order valence-electron chi connectivity index (χ2n) is 4.84. The Hall–Kier alpha value is -2.46. The molecule has 4 heteroatoms. The lowest BCUT2D eigenvalue weighted by Gasteiger charge is -2.12. The molecule has 0 aliphatic heterocycles. The molecule has 3 nitrogen and oxygen atoms in total. The zero-order valence-electron chi connectivity index (χ0n) is 11.6. The van der Waals surface area contributed by atoms with Crippen molar-refractivity contribution in [3.05, 3.63) is 65.6 Å². The highest BCUT2D eigenvalue weighted by Crippen LogP contribution is 2.31. The van der Waals surface area contributed by atoms with E-state index in [1.54, 1.807) is 6.07 Å². The van der Waals surface area contributed by atoms with Gasteiger partial charge in [0.1, 0.15) is 17.1 Å². The van der Waals surface area contributed by atoms with Crippen LogP contribution in [0, 0.1) is 12.7 Å². The predicted molar refractivity (Wildman–Crippen MR) is 80.8 cm³/mol. The van der Waals surface area contributed by atoms with Gasteiger partial charge < -0.3 is 10.5 Å². The maximum Gasteiger partial charge on any atom is 0.153 e. The third-order valence-electron chi connectivity index (χ3n) is 3.28. The van der Waals surface area contributed by atoms with Crippen molar-refractivity contribution in [3.8, 4) is 11.5 Å². The first-order chi connectivity index (χ1) is 10.2. The largest absolute Gasteiger partial charge is 0.455 e. The van der Waals surface area contributed by atoms with Crippen LogP contribution in [0.25, 0.3) is 10.9 Å². The molecule has 0 fully saturated rings. The molecule has 21 heavy (non-hydrogen) atoms. The van der Waals surface area contributed by atoms with E-state index in [0.717, 1.165) is 16.6 Å². The minimum absolute atomic E-state index is 0.213. The number of halogens is 1. The van der Waals surface area contributed by atoms with Crippen LogP contribution in [0.5, 0.6) is 11.5 Å². The van der Waals surface area contributed by atoms with Crippen LogP contribution in [0.15, 0.2) is 48.5 Å². The summed E-state index contributed by atoms with van der Waals surface area (Å²) < 4.78 is 19.2. The molecule has 0 atom stereocenters. The molecular weight excluding hydrogens is 267 g/mol.